The Morgan fingerprint density at radius 2 is 1.70 bits per heavy atom. The molecule has 0 saturated heterocycles. The Bertz CT molecular complexity index is 801. The predicted molar refractivity (Wildman–Crippen MR) is 91.6 cm³/mol. The first-order chi connectivity index (χ1) is 11.2. The predicted octanol–water partition coefficient (Wildman–Crippen LogP) is 4.17. The lowest BCUT2D eigenvalue weighted by Crippen LogP contribution is -2.05. The highest BCUT2D eigenvalue weighted by atomic mass is 16.5. The van der Waals surface area contributed by atoms with Crippen LogP contribution in [0.1, 0.15) is 13.8 Å². The fraction of sp³-hybridized carbons (Fsp3) is 0.222. The molecule has 0 atom stereocenters. The topological polar surface area (TPSA) is 56.3 Å². The Hall–Kier alpha value is -2.82. The zero-order chi connectivity index (χ0) is 16.2. The van der Waals surface area contributed by atoms with E-state index in [1.165, 1.54) is 0 Å². The van der Waals surface area contributed by atoms with Gasteiger partial charge in [-0.05, 0) is 50.2 Å². The van der Waals surface area contributed by atoms with Gasteiger partial charge in [-0.25, -0.2) is 9.97 Å². The lowest BCUT2D eigenvalue weighted by molar-refractivity contribution is 0.242. The second-order valence-electron chi connectivity index (χ2n) is 5.42. The van der Waals surface area contributed by atoms with Gasteiger partial charge in [-0.1, -0.05) is 0 Å². The summed E-state index contributed by atoms with van der Waals surface area (Å²) in [7, 11) is 1.64. The molecular weight excluding hydrogens is 290 g/mol. The molecule has 3 aromatic rings. The van der Waals surface area contributed by atoms with Crippen LogP contribution >= 0.6 is 0 Å². The largest absolute Gasteiger partial charge is 0.497 e. The Kier molecular flexibility index (Phi) is 4.28. The molecule has 0 aliphatic rings. The first-order valence-corrected chi connectivity index (χ1v) is 7.48. The molecule has 0 aliphatic heterocycles. The molecule has 0 unspecified atom stereocenters. The lowest BCUT2D eigenvalue weighted by atomic mass is 10.2. The smallest absolute Gasteiger partial charge is 0.141 e. The van der Waals surface area contributed by atoms with Crippen molar-refractivity contribution in [2.24, 2.45) is 0 Å². The van der Waals surface area contributed by atoms with Crippen LogP contribution in [0.15, 0.2) is 48.8 Å². The molecule has 1 aromatic heterocycles. The van der Waals surface area contributed by atoms with E-state index < -0.39 is 0 Å². The minimum atomic E-state index is 0.162. The summed E-state index contributed by atoms with van der Waals surface area (Å²) in [5.74, 6) is 2.38. The standard InChI is InChI=1S/C18H19N3O2/c1-12(2)23-14-6-4-13(5-7-14)21-18-16-9-8-15(22-3)10-17(16)19-11-20-18/h4-12H,1-3H3,(H,19,20,21). The fourth-order valence-electron chi connectivity index (χ4n) is 2.29. The maximum atomic E-state index is 5.65. The van der Waals surface area contributed by atoms with Gasteiger partial charge in [0.15, 0.2) is 0 Å². The van der Waals surface area contributed by atoms with Gasteiger partial charge in [-0.3, -0.25) is 0 Å². The number of methoxy groups -OCH3 is 1. The molecular formula is C18H19N3O2. The maximum absolute atomic E-state index is 5.65. The van der Waals surface area contributed by atoms with Crippen LogP contribution < -0.4 is 14.8 Å². The van der Waals surface area contributed by atoms with Crippen LogP contribution in [0.2, 0.25) is 0 Å². The van der Waals surface area contributed by atoms with Crippen molar-refractivity contribution in [1.29, 1.82) is 0 Å². The van der Waals surface area contributed by atoms with E-state index in [4.69, 9.17) is 9.47 Å². The molecule has 0 saturated carbocycles. The molecule has 0 bridgehead atoms. The van der Waals surface area contributed by atoms with E-state index in [0.717, 1.165) is 33.9 Å². The normalized spacial score (nSPS) is 10.8. The summed E-state index contributed by atoms with van der Waals surface area (Å²) in [4.78, 5) is 8.62. The van der Waals surface area contributed by atoms with Gasteiger partial charge >= 0.3 is 0 Å². The molecule has 5 heteroatoms. The molecule has 3 rings (SSSR count). The quantitative estimate of drug-likeness (QED) is 0.766. The number of benzene rings is 2. The number of ether oxygens (including phenoxy) is 2. The number of anilines is 2. The molecule has 23 heavy (non-hydrogen) atoms. The minimum Gasteiger partial charge on any atom is -0.497 e. The third-order valence-electron chi connectivity index (χ3n) is 3.33. The van der Waals surface area contributed by atoms with Crippen LogP contribution in [0.25, 0.3) is 10.9 Å². The highest BCUT2D eigenvalue weighted by Crippen LogP contribution is 2.26. The summed E-state index contributed by atoms with van der Waals surface area (Å²) in [6, 6.07) is 13.6. The summed E-state index contributed by atoms with van der Waals surface area (Å²) in [5, 5.41) is 4.26. The van der Waals surface area contributed by atoms with Crippen LogP contribution in [-0.4, -0.2) is 23.2 Å². The molecule has 0 radical (unpaired) electrons. The van der Waals surface area contributed by atoms with Crippen molar-refractivity contribution in [2.45, 2.75) is 20.0 Å². The van der Waals surface area contributed by atoms with E-state index in [0.29, 0.717) is 0 Å². The maximum Gasteiger partial charge on any atom is 0.141 e. The molecule has 2 aromatic carbocycles. The molecule has 1 heterocycles. The SMILES string of the molecule is COc1ccc2c(Nc3ccc(OC(C)C)cc3)ncnc2c1. The monoisotopic (exact) mass is 309 g/mol. The number of nitrogens with one attached hydrogen (secondary N) is 1. The zero-order valence-corrected chi connectivity index (χ0v) is 13.4. The van der Waals surface area contributed by atoms with E-state index in [-0.39, 0.29) is 6.10 Å². The van der Waals surface area contributed by atoms with Crippen molar-refractivity contribution in [1.82, 2.24) is 9.97 Å². The number of fused-ring (bicyclic) bond motifs is 1. The zero-order valence-electron chi connectivity index (χ0n) is 13.4. The third-order valence-corrected chi connectivity index (χ3v) is 3.33. The first-order valence-electron chi connectivity index (χ1n) is 7.48. The van der Waals surface area contributed by atoms with Crippen molar-refractivity contribution in [3.05, 3.63) is 48.8 Å². The van der Waals surface area contributed by atoms with Gasteiger partial charge in [0.05, 0.1) is 18.7 Å². The van der Waals surface area contributed by atoms with E-state index in [1.807, 2.05) is 56.3 Å². The first kappa shape index (κ1) is 15.1. The molecule has 0 fully saturated rings. The fourth-order valence-corrected chi connectivity index (χ4v) is 2.29. The summed E-state index contributed by atoms with van der Waals surface area (Å²) in [6.45, 7) is 4.01. The average Bonchev–Trinajstić information content (AvgIpc) is 2.56. The van der Waals surface area contributed by atoms with Crippen LogP contribution in [0.5, 0.6) is 11.5 Å². The van der Waals surface area contributed by atoms with E-state index in [2.05, 4.69) is 15.3 Å². The molecule has 118 valence electrons. The third kappa shape index (κ3) is 3.51. The minimum absolute atomic E-state index is 0.162. The van der Waals surface area contributed by atoms with Gasteiger partial charge in [0.2, 0.25) is 0 Å². The van der Waals surface area contributed by atoms with Crippen molar-refractivity contribution in [3.8, 4) is 11.5 Å². The summed E-state index contributed by atoms with van der Waals surface area (Å²) in [6.07, 6.45) is 1.70. The van der Waals surface area contributed by atoms with E-state index in [1.54, 1.807) is 13.4 Å². The average molecular weight is 309 g/mol. The van der Waals surface area contributed by atoms with Crippen LogP contribution in [0.3, 0.4) is 0 Å². The Morgan fingerprint density at radius 1 is 0.957 bits per heavy atom. The number of hydrogen-bond acceptors (Lipinski definition) is 5. The van der Waals surface area contributed by atoms with Crippen LogP contribution in [0.4, 0.5) is 11.5 Å². The van der Waals surface area contributed by atoms with Gasteiger partial charge in [-0.2, -0.15) is 0 Å². The second kappa shape index (κ2) is 6.52. The molecule has 0 spiro atoms. The van der Waals surface area contributed by atoms with Gasteiger partial charge in [-0.15, -0.1) is 0 Å². The Balaban J connectivity index is 1.86. The molecule has 1 N–H and O–H groups in total. The van der Waals surface area contributed by atoms with Crippen LogP contribution in [0, 0.1) is 0 Å². The van der Waals surface area contributed by atoms with E-state index >= 15 is 0 Å². The number of nitrogens with zero attached hydrogens (tertiary/aromatic N) is 2. The van der Waals surface area contributed by atoms with Gasteiger partial charge in [0.1, 0.15) is 23.6 Å². The highest BCUT2D eigenvalue weighted by molar-refractivity contribution is 5.91. The molecule has 5 nitrogen and oxygen atoms in total. The summed E-state index contributed by atoms with van der Waals surface area (Å²) < 4.78 is 10.9. The number of aromatic nitrogens is 2. The Labute approximate surface area is 135 Å². The Morgan fingerprint density at radius 3 is 2.39 bits per heavy atom. The van der Waals surface area contributed by atoms with Crippen molar-refractivity contribution < 1.29 is 9.47 Å². The van der Waals surface area contributed by atoms with Crippen molar-refractivity contribution >= 4 is 22.4 Å². The lowest BCUT2D eigenvalue weighted by Gasteiger charge is -2.12. The van der Waals surface area contributed by atoms with E-state index in [9.17, 15) is 0 Å². The van der Waals surface area contributed by atoms with Gasteiger partial charge < -0.3 is 14.8 Å². The van der Waals surface area contributed by atoms with Gasteiger partial charge in [0, 0.05) is 17.1 Å². The number of rotatable bonds is 5. The highest BCUT2D eigenvalue weighted by Gasteiger charge is 2.06. The molecule has 0 amide bonds. The number of hydrogen-bond donors (Lipinski definition) is 1. The van der Waals surface area contributed by atoms with Crippen molar-refractivity contribution in [3.63, 3.8) is 0 Å². The second-order valence-corrected chi connectivity index (χ2v) is 5.42. The van der Waals surface area contributed by atoms with Gasteiger partial charge in [0.25, 0.3) is 0 Å². The van der Waals surface area contributed by atoms with Crippen molar-refractivity contribution in [2.75, 3.05) is 12.4 Å². The van der Waals surface area contributed by atoms with Crippen LogP contribution in [-0.2, 0) is 0 Å². The molecule has 0 aliphatic carbocycles. The summed E-state index contributed by atoms with van der Waals surface area (Å²) in [5.41, 5.74) is 1.78. The summed E-state index contributed by atoms with van der Waals surface area (Å²) >= 11 is 0.